The van der Waals surface area contributed by atoms with Gasteiger partial charge >= 0.3 is 0 Å². The van der Waals surface area contributed by atoms with Gasteiger partial charge in [0.1, 0.15) is 5.75 Å². The Hall–Kier alpha value is -4.92. The Kier molecular flexibility index (Phi) is 7.25. The molecule has 1 aromatic heterocycles. The van der Waals surface area contributed by atoms with Gasteiger partial charge in [0.2, 0.25) is 0 Å². The molecule has 43 heavy (non-hydrogen) atoms. The van der Waals surface area contributed by atoms with Crippen LogP contribution in [0.15, 0.2) is 96.2 Å². The van der Waals surface area contributed by atoms with Gasteiger partial charge in [0.15, 0.2) is 5.54 Å². The van der Waals surface area contributed by atoms with Gasteiger partial charge in [-0.1, -0.05) is 24.3 Å². The van der Waals surface area contributed by atoms with Gasteiger partial charge in [-0.3, -0.25) is 14.7 Å². The van der Waals surface area contributed by atoms with Gasteiger partial charge in [-0.25, -0.2) is 12.7 Å². The zero-order valence-corrected chi connectivity index (χ0v) is 24.4. The van der Waals surface area contributed by atoms with Crippen molar-refractivity contribution in [2.24, 2.45) is 0 Å². The Labute approximate surface area is 250 Å². The first-order valence-electron chi connectivity index (χ1n) is 13.9. The number of nitrogens with two attached hydrogens (primary N) is 1. The second kappa shape index (κ2) is 11.1. The zero-order valence-electron chi connectivity index (χ0n) is 23.6. The number of anilines is 3. The van der Waals surface area contributed by atoms with Crippen LogP contribution in [0.5, 0.6) is 5.75 Å². The van der Waals surface area contributed by atoms with Crippen LogP contribution in [0.25, 0.3) is 0 Å². The molecule has 4 aromatic rings. The van der Waals surface area contributed by atoms with E-state index >= 15 is 4.79 Å². The molecule has 0 radical (unpaired) electrons. The van der Waals surface area contributed by atoms with E-state index in [9.17, 15) is 13.7 Å². The molecular weight excluding hydrogens is 564 g/mol. The molecule has 1 atom stereocenters. The van der Waals surface area contributed by atoms with Crippen molar-refractivity contribution < 1.29 is 17.9 Å². The van der Waals surface area contributed by atoms with E-state index in [-0.39, 0.29) is 16.3 Å². The summed E-state index contributed by atoms with van der Waals surface area (Å²) in [5.74, 6) is -0.198. The molecular formula is C32H30N6O4S. The van der Waals surface area contributed by atoms with Gasteiger partial charge in [0.25, 0.3) is 15.9 Å². The predicted octanol–water partition coefficient (Wildman–Crippen LogP) is 3.74. The quantitative estimate of drug-likeness (QED) is 0.318. The average Bonchev–Trinajstić information content (AvgIpc) is 3.30. The molecule has 218 valence electrons. The third kappa shape index (κ3) is 4.56. The molecule has 3 aromatic carbocycles. The zero-order chi connectivity index (χ0) is 30.2. The SMILES string of the molecule is CCOc1ccccc1C1(N2CCN(c3ccncc3)CC2)C(=O)N(S(=O)(=O)c2cccc(N)c2)c2ccc(C#N)cc21. The summed E-state index contributed by atoms with van der Waals surface area (Å²) < 4.78 is 35.5. The van der Waals surface area contributed by atoms with E-state index in [4.69, 9.17) is 10.5 Å². The largest absolute Gasteiger partial charge is 0.493 e. The van der Waals surface area contributed by atoms with Gasteiger partial charge in [-0.2, -0.15) is 5.26 Å². The molecule has 6 rings (SSSR count). The molecule has 11 heteroatoms. The first kappa shape index (κ1) is 28.2. The highest BCUT2D eigenvalue weighted by molar-refractivity contribution is 7.93. The molecule has 1 unspecified atom stereocenters. The van der Waals surface area contributed by atoms with Crippen LogP contribution in [-0.2, 0) is 20.4 Å². The lowest BCUT2D eigenvalue weighted by atomic mass is 9.80. The van der Waals surface area contributed by atoms with Crippen LogP contribution in [-0.4, -0.2) is 57.0 Å². The van der Waals surface area contributed by atoms with E-state index in [2.05, 4.69) is 16.0 Å². The number of para-hydroxylation sites is 1. The van der Waals surface area contributed by atoms with Crippen molar-refractivity contribution in [2.45, 2.75) is 17.4 Å². The number of hydrogen-bond acceptors (Lipinski definition) is 9. The second-order valence-corrected chi connectivity index (χ2v) is 12.1. The summed E-state index contributed by atoms with van der Waals surface area (Å²) in [6.45, 7) is 4.20. The lowest BCUT2D eigenvalue weighted by Crippen LogP contribution is -2.60. The molecule has 0 saturated carbocycles. The molecule has 1 fully saturated rings. The maximum absolute atomic E-state index is 15.1. The Bertz CT molecular complexity index is 1830. The number of rotatable bonds is 7. The summed E-state index contributed by atoms with van der Waals surface area (Å²) in [6, 6.07) is 23.8. The van der Waals surface area contributed by atoms with Crippen LogP contribution >= 0.6 is 0 Å². The lowest BCUT2D eigenvalue weighted by Gasteiger charge is -2.46. The number of amides is 1. The van der Waals surface area contributed by atoms with Crippen molar-refractivity contribution in [3.8, 4) is 11.8 Å². The predicted molar refractivity (Wildman–Crippen MR) is 163 cm³/mol. The molecule has 2 aliphatic rings. The summed E-state index contributed by atoms with van der Waals surface area (Å²) in [4.78, 5) is 23.3. The van der Waals surface area contributed by atoms with Crippen molar-refractivity contribution in [1.82, 2.24) is 9.88 Å². The fourth-order valence-electron chi connectivity index (χ4n) is 6.10. The smallest absolute Gasteiger partial charge is 0.271 e. The molecule has 1 amide bonds. The lowest BCUT2D eigenvalue weighted by molar-refractivity contribution is -0.127. The van der Waals surface area contributed by atoms with Crippen molar-refractivity contribution in [1.29, 1.82) is 5.26 Å². The maximum Gasteiger partial charge on any atom is 0.271 e. The van der Waals surface area contributed by atoms with E-state index in [1.165, 1.54) is 24.3 Å². The Morgan fingerprint density at radius 1 is 0.953 bits per heavy atom. The van der Waals surface area contributed by atoms with Crippen LogP contribution in [0.4, 0.5) is 17.1 Å². The minimum atomic E-state index is -4.40. The molecule has 0 bridgehead atoms. The Balaban J connectivity index is 1.58. The number of nitriles is 1. The maximum atomic E-state index is 15.1. The number of aromatic nitrogens is 1. The van der Waals surface area contributed by atoms with Crippen molar-refractivity contribution >= 4 is 33.0 Å². The molecule has 0 aliphatic carbocycles. The number of carbonyl (C=O) groups is 1. The van der Waals surface area contributed by atoms with Gasteiger partial charge in [0.05, 0.1) is 28.8 Å². The van der Waals surface area contributed by atoms with Crippen molar-refractivity contribution in [2.75, 3.05) is 47.7 Å². The number of ether oxygens (including phenoxy) is 1. The number of nitrogen functional groups attached to an aromatic ring is 1. The van der Waals surface area contributed by atoms with E-state index in [1.807, 2.05) is 36.1 Å². The molecule has 1 saturated heterocycles. The summed E-state index contributed by atoms with van der Waals surface area (Å²) in [7, 11) is -4.40. The second-order valence-electron chi connectivity index (χ2n) is 10.3. The summed E-state index contributed by atoms with van der Waals surface area (Å²) in [5, 5.41) is 9.89. The molecule has 3 heterocycles. The van der Waals surface area contributed by atoms with E-state index in [0.29, 0.717) is 55.2 Å². The number of sulfonamides is 1. The van der Waals surface area contributed by atoms with E-state index in [1.54, 1.807) is 42.7 Å². The first-order valence-corrected chi connectivity index (χ1v) is 15.4. The molecule has 10 nitrogen and oxygen atoms in total. The van der Waals surface area contributed by atoms with Gasteiger partial charge in [-0.05, 0) is 61.5 Å². The topological polar surface area (TPSA) is 133 Å². The highest BCUT2D eigenvalue weighted by Gasteiger charge is 2.60. The third-order valence-corrected chi connectivity index (χ3v) is 9.68. The molecule has 2 N–H and O–H groups in total. The number of hydrogen-bond donors (Lipinski definition) is 1. The average molecular weight is 595 g/mol. The van der Waals surface area contributed by atoms with Gasteiger partial charge in [0, 0.05) is 61.1 Å². The fraction of sp³-hybridized carbons (Fsp3) is 0.219. The number of fused-ring (bicyclic) bond motifs is 1. The molecule has 2 aliphatic heterocycles. The summed E-state index contributed by atoms with van der Waals surface area (Å²) in [5.41, 5.74) is 7.06. The van der Waals surface area contributed by atoms with Crippen molar-refractivity contribution in [3.05, 3.63) is 108 Å². The Morgan fingerprint density at radius 2 is 1.70 bits per heavy atom. The van der Waals surface area contributed by atoms with Crippen molar-refractivity contribution in [3.63, 3.8) is 0 Å². The van der Waals surface area contributed by atoms with E-state index < -0.39 is 21.5 Å². The number of pyridine rings is 1. The van der Waals surface area contributed by atoms with E-state index in [0.717, 1.165) is 9.99 Å². The standard InChI is InChI=1S/C32H30N6O4S/c1-2-42-30-9-4-3-8-27(30)32(37-18-16-36(17-19-37)25-12-14-35-15-13-25)28-20-23(22-33)10-11-29(28)38(31(32)39)43(40,41)26-7-5-6-24(34)21-26/h3-15,20-21H,2,16-19,34H2,1H3. The van der Waals surface area contributed by atoms with Crippen LogP contribution < -0.4 is 19.7 Å². The summed E-state index contributed by atoms with van der Waals surface area (Å²) >= 11 is 0. The highest BCUT2D eigenvalue weighted by atomic mass is 32.2. The highest BCUT2D eigenvalue weighted by Crippen LogP contribution is 2.53. The molecule has 0 spiro atoms. The Morgan fingerprint density at radius 3 is 2.40 bits per heavy atom. The normalized spacial score (nSPS) is 18.7. The third-order valence-electron chi connectivity index (χ3n) is 7.98. The van der Waals surface area contributed by atoms with Crippen LogP contribution in [0, 0.1) is 11.3 Å². The number of benzene rings is 3. The van der Waals surface area contributed by atoms with Crippen LogP contribution in [0.2, 0.25) is 0 Å². The number of carbonyl (C=O) groups excluding carboxylic acids is 1. The first-order chi connectivity index (χ1) is 20.8. The minimum Gasteiger partial charge on any atom is -0.493 e. The van der Waals surface area contributed by atoms with Crippen LogP contribution in [0.1, 0.15) is 23.6 Å². The summed E-state index contributed by atoms with van der Waals surface area (Å²) in [6.07, 6.45) is 3.47. The fourth-order valence-corrected chi connectivity index (χ4v) is 7.62. The number of nitrogens with zero attached hydrogens (tertiary/aromatic N) is 5. The monoisotopic (exact) mass is 594 g/mol. The van der Waals surface area contributed by atoms with Gasteiger partial charge in [-0.15, -0.1) is 0 Å². The van der Waals surface area contributed by atoms with Crippen LogP contribution in [0.3, 0.4) is 0 Å². The minimum absolute atomic E-state index is 0.104. The van der Waals surface area contributed by atoms with Gasteiger partial charge < -0.3 is 15.4 Å². The number of piperazine rings is 1.